The Kier molecular flexibility index (Phi) is 3.32. The van der Waals surface area contributed by atoms with Crippen LogP contribution in [0.25, 0.3) is 0 Å². The zero-order valence-corrected chi connectivity index (χ0v) is 9.98. The number of hydrogen-bond donors (Lipinski definition) is 1. The van der Waals surface area contributed by atoms with Crippen molar-refractivity contribution in [1.29, 1.82) is 0 Å². The van der Waals surface area contributed by atoms with E-state index in [1.54, 1.807) is 0 Å². The van der Waals surface area contributed by atoms with E-state index in [0.717, 1.165) is 18.0 Å². The van der Waals surface area contributed by atoms with Gasteiger partial charge in [-0.2, -0.15) is 0 Å². The molecule has 1 heterocycles. The third-order valence-electron chi connectivity index (χ3n) is 3.49. The van der Waals surface area contributed by atoms with E-state index in [-0.39, 0.29) is 5.54 Å². The molecule has 1 aromatic rings. The highest BCUT2D eigenvalue weighted by Gasteiger charge is 2.32. The first-order valence-electron chi connectivity index (χ1n) is 5.78. The van der Waals surface area contributed by atoms with E-state index >= 15 is 0 Å². The van der Waals surface area contributed by atoms with Crippen molar-refractivity contribution in [2.24, 2.45) is 0 Å². The molecule has 2 heteroatoms. The Hall–Kier alpha value is -0.530. The van der Waals surface area contributed by atoms with Gasteiger partial charge in [0.2, 0.25) is 0 Å². The second kappa shape index (κ2) is 4.54. The van der Waals surface area contributed by atoms with E-state index in [2.05, 4.69) is 24.4 Å². The van der Waals surface area contributed by atoms with E-state index in [4.69, 9.17) is 11.6 Å². The number of nitrogens with one attached hydrogen (secondary N) is 1. The van der Waals surface area contributed by atoms with E-state index in [0.29, 0.717) is 0 Å². The molecule has 0 aromatic heterocycles. The number of halogens is 1. The maximum absolute atomic E-state index is 6.29. The Bertz CT molecular complexity index is 329. The molecule has 1 N–H and O–H groups in total. The highest BCUT2D eigenvalue weighted by molar-refractivity contribution is 6.31. The van der Waals surface area contributed by atoms with Crippen LogP contribution in [0.1, 0.15) is 38.2 Å². The lowest BCUT2D eigenvalue weighted by atomic mass is 9.80. The molecule has 2 rings (SSSR count). The third-order valence-corrected chi connectivity index (χ3v) is 3.82. The number of piperidine rings is 1. The predicted molar refractivity (Wildman–Crippen MR) is 65.3 cm³/mol. The van der Waals surface area contributed by atoms with Crippen LogP contribution < -0.4 is 5.32 Å². The molecule has 0 amide bonds. The van der Waals surface area contributed by atoms with Gasteiger partial charge in [0.15, 0.2) is 0 Å². The van der Waals surface area contributed by atoms with Crippen LogP contribution in [0.15, 0.2) is 24.3 Å². The summed E-state index contributed by atoms with van der Waals surface area (Å²) in [6, 6.07) is 8.22. The van der Waals surface area contributed by atoms with Crippen LogP contribution >= 0.6 is 11.6 Å². The van der Waals surface area contributed by atoms with Gasteiger partial charge in [0, 0.05) is 10.6 Å². The number of rotatable bonds is 2. The van der Waals surface area contributed by atoms with E-state index in [9.17, 15) is 0 Å². The van der Waals surface area contributed by atoms with E-state index < -0.39 is 0 Å². The summed E-state index contributed by atoms with van der Waals surface area (Å²) in [5.74, 6) is 0. The van der Waals surface area contributed by atoms with Gasteiger partial charge in [-0.1, -0.05) is 43.1 Å². The average Bonchev–Trinajstić information content (AvgIpc) is 2.30. The van der Waals surface area contributed by atoms with Gasteiger partial charge in [-0.3, -0.25) is 0 Å². The minimum absolute atomic E-state index is 0.122. The SMILES string of the molecule is CCC1(c2ccccc2Cl)CCCCN1. The van der Waals surface area contributed by atoms with Crippen LogP contribution in [-0.2, 0) is 5.54 Å². The largest absolute Gasteiger partial charge is 0.307 e. The molecule has 0 bridgehead atoms. The zero-order chi connectivity index (χ0) is 10.7. The normalized spacial score (nSPS) is 26.5. The summed E-state index contributed by atoms with van der Waals surface area (Å²) in [4.78, 5) is 0. The highest BCUT2D eigenvalue weighted by atomic mass is 35.5. The summed E-state index contributed by atoms with van der Waals surface area (Å²) in [5.41, 5.74) is 1.39. The molecule has 1 aliphatic rings. The first-order chi connectivity index (χ1) is 7.28. The van der Waals surface area contributed by atoms with Crippen molar-refractivity contribution in [3.8, 4) is 0 Å². The van der Waals surface area contributed by atoms with Crippen LogP contribution in [-0.4, -0.2) is 6.54 Å². The molecule has 0 radical (unpaired) electrons. The first-order valence-corrected chi connectivity index (χ1v) is 6.16. The lowest BCUT2D eigenvalue weighted by Crippen LogP contribution is -2.45. The number of hydrogen-bond acceptors (Lipinski definition) is 1. The van der Waals surface area contributed by atoms with Crippen LogP contribution in [0.3, 0.4) is 0 Å². The fourth-order valence-electron chi connectivity index (χ4n) is 2.54. The van der Waals surface area contributed by atoms with Gasteiger partial charge in [-0.15, -0.1) is 0 Å². The summed E-state index contributed by atoms with van der Waals surface area (Å²) in [5, 5.41) is 4.55. The Morgan fingerprint density at radius 2 is 2.13 bits per heavy atom. The zero-order valence-electron chi connectivity index (χ0n) is 9.22. The summed E-state index contributed by atoms with van der Waals surface area (Å²) in [6.45, 7) is 3.35. The fourth-order valence-corrected chi connectivity index (χ4v) is 2.86. The van der Waals surface area contributed by atoms with Gasteiger partial charge in [0.05, 0.1) is 0 Å². The van der Waals surface area contributed by atoms with Gasteiger partial charge in [-0.05, 0) is 37.4 Å². The van der Waals surface area contributed by atoms with Crippen molar-refractivity contribution in [1.82, 2.24) is 5.32 Å². The average molecular weight is 224 g/mol. The predicted octanol–water partition coefficient (Wildman–Crippen LogP) is 3.72. The monoisotopic (exact) mass is 223 g/mol. The molecular formula is C13H18ClN. The number of benzene rings is 1. The summed E-state index contributed by atoms with van der Waals surface area (Å²) < 4.78 is 0. The minimum atomic E-state index is 0.122. The Labute approximate surface area is 96.8 Å². The molecule has 15 heavy (non-hydrogen) atoms. The Morgan fingerprint density at radius 1 is 1.33 bits per heavy atom. The van der Waals surface area contributed by atoms with Crippen LogP contribution in [0.2, 0.25) is 5.02 Å². The van der Waals surface area contributed by atoms with Crippen LogP contribution in [0.4, 0.5) is 0 Å². The summed E-state index contributed by atoms with van der Waals surface area (Å²) in [6.07, 6.45) is 4.89. The van der Waals surface area contributed by atoms with Crippen molar-refractivity contribution < 1.29 is 0 Å². The second-order valence-electron chi connectivity index (χ2n) is 4.30. The highest BCUT2D eigenvalue weighted by Crippen LogP contribution is 2.36. The van der Waals surface area contributed by atoms with Gasteiger partial charge < -0.3 is 5.32 Å². The molecule has 0 spiro atoms. The standard InChI is InChI=1S/C13H18ClN/c1-2-13(9-5-6-10-15-13)11-7-3-4-8-12(11)14/h3-4,7-8,15H,2,5-6,9-10H2,1H3. The molecule has 1 aromatic carbocycles. The molecule has 1 aliphatic heterocycles. The smallest absolute Gasteiger partial charge is 0.0456 e. The van der Waals surface area contributed by atoms with Crippen molar-refractivity contribution in [2.45, 2.75) is 38.1 Å². The van der Waals surface area contributed by atoms with Gasteiger partial charge in [0.25, 0.3) is 0 Å². The molecule has 0 saturated carbocycles. The lowest BCUT2D eigenvalue weighted by molar-refractivity contribution is 0.248. The topological polar surface area (TPSA) is 12.0 Å². The quantitative estimate of drug-likeness (QED) is 0.806. The molecule has 1 nitrogen and oxygen atoms in total. The molecule has 1 unspecified atom stereocenters. The van der Waals surface area contributed by atoms with Crippen LogP contribution in [0.5, 0.6) is 0 Å². The maximum Gasteiger partial charge on any atom is 0.0456 e. The minimum Gasteiger partial charge on any atom is -0.307 e. The van der Waals surface area contributed by atoms with Crippen LogP contribution in [0, 0.1) is 0 Å². The lowest BCUT2D eigenvalue weighted by Gasteiger charge is -2.38. The van der Waals surface area contributed by atoms with Crippen molar-refractivity contribution >= 4 is 11.6 Å². The maximum atomic E-state index is 6.29. The van der Waals surface area contributed by atoms with Gasteiger partial charge in [0.1, 0.15) is 0 Å². The summed E-state index contributed by atoms with van der Waals surface area (Å²) in [7, 11) is 0. The Morgan fingerprint density at radius 3 is 2.73 bits per heavy atom. The van der Waals surface area contributed by atoms with Gasteiger partial charge >= 0.3 is 0 Å². The molecule has 1 saturated heterocycles. The molecular weight excluding hydrogens is 206 g/mol. The molecule has 82 valence electrons. The van der Waals surface area contributed by atoms with E-state index in [1.165, 1.54) is 24.8 Å². The van der Waals surface area contributed by atoms with Gasteiger partial charge in [-0.25, -0.2) is 0 Å². The molecule has 1 fully saturated rings. The molecule has 0 aliphatic carbocycles. The van der Waals surface area contributed by atoms with Crippen molar-refractivity contribution in [3.05, 3.63) is 34.9 Å². The van der Waals surface area contributed by atoms with E-state index in [1.807, 2.05) is 12.1 Å². The molecule has 1 atom stereocenters. The summed E-state index contributed by atoms with van der Waals surface area (Å²) >= 11 is 6.29. The van der Waals surface area contributed by atoms with Crippen molar-refractivity contribution in [3.63, 3.8) is 0 Å². The third kappa shape index (κ3) is 2.04. The second-order valence-corrected chi connectivity index (χ2v) is 4.71. The fraction of sp³-hybridized carbons (Fsp3) is 0.538. The Balaban J connectivity index is 2.36. The first kappa shape index (κ1) is 11.0. The van der Waals surface area contributed by atoms with Crippen molar-refractivity contribution in [2.75, 3.05) is 6.54 Å².